The Morgan fingerprint density at radius 1 is 1.23 bits per heavy atom. The molecule has 13 nitrogen and oxygen atoms in total. The van der Waals surface area contributed by atoms with E-state index >= 15 is 0 Å². The van der Waals surface area contributed by atoms with Crippen molar-refractivity contribution >= 4 is 47.0 Å². The van der Waals surface area contributed by atoms with Crippen LogP contribution < -0.4 is 16.0 Å². The normalized spacial score (nSPS) is 17.2. The minimum absolute atomic E-state index is 0.0465. The van der Waals surface area contributed by atoms with Gasteiger partial charge >= 0.3 is 6.09 Å². The number of nitrogens with one attached hydrogen (secondary N) is 4. The summed E-state index contributed by atoms with van der Waals surface area (Å²) in [5.74, 6) is -2.92. The average molecular weight is 624 g/mol. The number of fused-ring (bicyclic) bond motifs is 4. The van der Waals surface area contributed by atoms with Gasteiger partial charge in [0.1, 0.15) is 18.1 Å². The summed E-state index contributed by atoms with van der Waals surface area (Å²) in [6, 6.07) is 8.73. The van der Waals surface area contributed by atoms with Crippen LogP contribution in [0.3, 0.4) is 0 Å². The van der Waals surface area contributed by atoms with E-state index in [2.05, 4.69) is 46.2 Å². The number of aromatic amines is 1. The van der Waals surface area contributed by atoms with Crippen LogP contribution >= 0.6 is 11.6 Å². The summed E-state index contributed by atoms with van der Waals surface area (Å²) < 4.78 is 33.9. The lowest BCUT2D eigenvalue weighted by molar-refractivity contribution is -0.122. The first-order valence-corrected chi connectivity index (χ1v) is 13.4. The predicted octanol–water partition coefficient (Wildman–Crippen LogP) is 4.53. The summed E-state index contributed by atoms with van der Waals surface area (Å²) in [5.41, 5.74) is 2.37. The molecule has 2 aromatic carbocycles. The third-order valence-electron chi connectivity index (χ3n) is 6.53. The van der Waals surface area contributed by atoms with Crippen LogP contribution in [0.15, 0.2) is 67.2 Å². The highest BCUT2D eigenvalue weighted by Crippen LogP contribution is 2.32. The molecular weight excluding hydrogens is 600 g/mol. The molecule has 1 aliphatic heterocycles. The number of H-pyrrole nitrogens is 1. The fourth-order valence-corrected chi connectivity index (χ4v) is 4.59. The molecule has 0 spiro atoms. The summed E-state index contributed by atoms with van der Waals surface area (Å²) in [7, 11) is 1.19. The van der Waals surface area contributed by atoms with Crippen LogP contribution in [-0.4, -0.2) is 61.6 Å². The van der Waals surface area contributed by atoms with Crippen LogP contribution in [-0.2, 0) is 14.3 Å². The van der Waals surface area contributed by atoms with Crippen molar-refractivity contribution in [2.24, 2.45) is 5.92 Å². The van der Waals surface area contributed by atoms with Crippen molar-refractivity contribution in [3.8, 4) is 16.9 Å². The number of carbonyl (C=O) groups excluding carboxylic acids is 3. The SMILES string of the molecule is COC(=O)Nc1ccc2c(c1)NC(=O)[C@@H](C(F)F)/C=C\CC(NC(=O)/C=C/c1cc(Cl)ccc1-n1cnnn1)c1ncc-2[nH]1. The van der Waals surface area contributed by atoms with Crippen molar-refractivity contribution in [1.29, 1.82) is 0 Å². The number of anilines is 2. The van der Waals surface area contributed by atoms with Crippen LogP contribution in [0.4, 0.5) is 25.0 Å². The molecular formula is C28H24ClF2N9O4. The Hall–Kier alpha value is -5.44. The van der Waals surface area contributed by atoms with E-state index in [-0.39, 0.29) is 17.8 Å². The van der Waals surface area contributed by atoms with Crippen LogP contribution in [0, 0.1) is 5.92 Å². The molecule has 3 amide bonds. The molecule has 4 N–H and O–H groups in total. The fourth-order valence-electron chi connectivity index (χ4n) is 4.41. The second kappa shape index (κ2) is 13.2. The van der Waals surface area contributed by atoms with Gasteiger partial charge in [0.25, 0.3) is 6.43 Å². The van der Waals surface area contributed by atoms with E-state index in [1.807, 2.05) is 0 Å². The molecule has 3 heterocycles. The third-order valence-corrected chi connectivity index (χ3v) is 6.77. The van der Waals surface area contributed by atoms with E-state index < -0.39 is 36.3 Å². The molecule has 0 aliphatic carbocycles. The fraction of sp³-hybridized carbons (Fsp3) is 0.179. The second-order valence-corrected chi connectivity index (χ2v) is 9.86. The van der Waals surface area contributed by atoms with Crippen LogP contribution in [0.25, 0.3) is 23.0 Å². The van der Waals surface area contributed by atoms with E-state index in [9.17, 15) is 23.2 Å². The number of amides is 3. The molecule has 4 aromatic rings. The van der Waals surface area contributed by atoms with E-state index in [4.69, 9.17) is 11.6 Å². The summed E-state index contributed by atoms with van der Waals surface area (Å²) in [6.07, 6.45) is 4.45. The van der Waals surface area contributed by atoms with Gasteiger partial charge in [-0.1, -0.05) is 23.8 Å². The largest absolute Gasteiger partial charge is 0.453 e. The first-order chi connectivity index (χ1) is 21.2. The first kappa shape index (κ1) is 30.0. The summed E-state index contributed by atoms with van der Waals surface area (Å²) in [4.78, 5) is 45.2. The van der Waals surface area contributed by atoms with Crippen molar-refractivity contribution in [1.82, 2.24) is 35.5 Å². The Morgan fingerprint density at radius 2 is 2.07 bits per heavy atom. The number of hydrogen-bond donors (Lipinski definition) is 4. The summed E-state index contributed by atoms with van der Waals surface area (Å²) >= 11 is 6.16. The molecule has 1 aliphatic rings. The Bertz CT molecular complexity index is 1740. The molecule has 16 heteroatoms. The molecule has 2 bridgehead atoms. The molecule has 226 valence electrons. The Morgan fingerprint density at radius 3 is 2.82 bits per heavy atom. The van der Waals surface area contributed by atoms with Crippen molar-refractivity contribution < 1.29 is 27.9 Å². The van der Waals surface area contributed by atoms with Gasteiger partial charge < -0.3 is 20.4 Å². The number of benzene rings is 2. The van der Waals surface area contributed by atoms with E-state index in [0.717, 1.165) is 6.08 Å². The highest BCUT2D eigenvalue weighted by Gasteiger charge is 2.28. The molecule has 5 rings (SSSR count). The topological polar surface area (TPSA) is 169 Å². The molecule has 1 unspecified atom stereocenters. The maximum absolute atomic E-state index is 13.9. The van der Waals surface area contributed by atoms with Crippen molar-refractivity contribution in [3.63, 3.8) is 0 Å². The zero-order chi connectivity index (χ0) is 31.2. The summed E-state index contributed by atoms with van der Waals surface area (Å²) in [6.45, 7) is 0. The second-order valence-electron chi connectivity index (χ2n) is 9.42. The standard InChI is InChI=1S/C28H24ClF2N9O4/c1-44-28(43)34-17-7-8-18-21(12-17)37-27(42)19(25(30)31)3-2-4-20(26-32-13-22(18)36-26)35-24(41)10-5-15-11-16(29)6-9-23(15)40-14-33-38-39-40/h2-3,5-14,19-20,25H,4H2,1H3,(H,32,36)(H,34,43)(H,35,41)(H,37,42)/b3-2-,10-5+/t19-,20?/m1/s1. The van der Waals surface area contributed by atoms with Gasteiger partial charge in [0.2, 0.25) is 11.8 Å². The predicted molar refractivity (Wildman–Crippen MR) is 156 cm³/mol. The van der Waals surface area contributed by atoms with Crippen molar-refractivity contribution in [2.75, 3.05) is 17.7 Å². The zero-order valence-electron chi connectivity index (χ0n) is 22.9. The van der Waals surface area contributed by atoms with E-state index in [1.165, 1.54) is 48.6 Å². The van der Waals surface area contributed by atoms with Gasteiger partial charge in [-0.25, -0.2) is 18.6 Å². The Balaban J connectivity index is 1.45. The molecule has 44 heavy (non-hydrogen) atoms. The van der Waals surface area contributed by atoms with Gasteiger partial charge in [0.05, 0.1) is 36.4 Å². The number of ether oxygens (including phenoxy) is 1. The van der Waals surface area contributed by atoms with Gasteiger partial charge in [0.15, 0.2) is 0 Å². The number of imidazole rings is 1. The Kier molecular flexibility index (Phi) is 9.04. The third kappa shape index (κ3) is 6.95. The van der Waals surface area contributed by atoms with Gasteiger partial charge in [-0.3, -0.25) is 14.9 Å². The molecule has 0 fully saturated rings. The molecule has 0 saturated carbocycles. The molecule has 0 saturated heterocycles. The van der Waals surface area contributed by atoms with Gasteiger partial charge in [-0.15, -0.1) is 5.10 Å². The number of nitrogens with zero attached hydrogens (tertiary/aromatic N) is 5. The highest BCUT2D eigenvalue weighted by molar-refractivity contribution is 6.30. The molecule has 2 atom stereocenters. The minimum Gasteiger partial charge on any atom is -0.453 e. The number of carbonyl (C=O) groups is 3. The number of tetrazole rings is 1. The van der Waals surface area contributed by atoms with Crippen molar-refractivity contribution in [3.05, 3.63) is 83.6 Å². The number of rotatable bonds is 6. The average Bonchev–Trinajstić information content (AvgIpc) is 3.70. The van der Waals surface area contributed by atoms with Crippen LogP contribution in [0.1, 0.15) is 23.9 Å². The number of aromatic nitrogens is 6. The first-order valence-electron chi connectivity index (χ1n) is 13.0. The zero-order valence-corrected chi connectivity index (χ0v) is 23.6. The highest BCUT2D eigenvalue weighted by atomic mass is 35.5. The lowest BCUT2D eigenvalue weighted by Gasteiger charge is -2.18. The van der Waals surface area contributed by atoms with E-state index in [1.54, 1.807) is 30.3 Å². The summed E-state index contributed by atoms with van der Waals surface area (Å²) in [5, 5.41) is 19.4. The smallest absolute Gasteiger partial charge is 0.411 e. The minimum atomic E-state index is -3.01. The van der Waals surface area contributed by atoms with E-state index in [0.29, 0.717) is 33.4 Å². The van der Waals surface area contributed by atoms with Gasteiger partial charge in [-0.2, -0.15) is 4.68 Å². The lowest BCUT2D eigenvalue weighted by Crippen LogP contribution is -2.29. The molecule has 0 radical (unpaired) electrons. The molecule has 2 aromatic heterocycles. The maximum atomic E-state index is 13.9. The van der Waals surface area contributed by atoms with Gasteiger partial charge in [0, 0.05) is 27.9 Å². The monoisotopic (exact) mass is 623 g/mol. The number of halogens is 3. The maximum Gasteiger partial charge on any atom is 0.411 e. The van der Waals surface area contributed by atoms with Gasteiger partial charge in [-0.05, 0) is 59.3 Å². The number of hydrogen-bond acceptors (Lipinski definition) is 8. The lowest BCUT2D eigenvalue weighted by atomic mass is 10.0. The van der Waals surface area contributed by atoms with Crippen molar-refractivity contribution in [2.45, 2.75) is 18.9 Å². The van der Waals surface area contributed by atoms with Crippen LogP contribution in [0.5, 0.6) is 0 Å². The number of alkyl halides is 2. The Labute approximate surface area is 253 Å². The quantitative estimate of drug-likeness (QED) is 0.179. The number of methoxy groups -OCH3 is 1. The van der Waals surface area contributed by atoms with Crippen LogP contribution in [0.2, 0.25) is 5.02 Å².